The van der Waals surface area contributed by atoms with E-state index in [0.29, 0.717) is 24.3 Å². The normalized spacial score (nSPS) is 18.6. The maximum Gasteiger partial charge on any atom is 0.416 e. The van der Waals surface area contributed by atoms with Gasteiger partial charge < -0.3 is 8.80 Å². The molecule has 18 heteroatoms. The second kappa shape index (κ2) is 9.69. The monoisotopic (exact) mass is 814 g/mol. The lowest BCUT2D eigenvalue weighted by Gasteiger charge is -2.14. The predicted molar refractivity (Wildman–Crippen MR) is 180 cm³/mol. The molecule has 5 aromatic carbocycles. The quantitative estimate of drug-likeness (QED) is 0.143. The molecule has 0 bridgehead atoms. The van der Waals surface area contributed by atoms with Crippen LogP contribution >= 0.6 is 0 Å². The van der Waals surface area contributed by atoms with Crippen LogP contribution in [0.4, 0.5) is 61.5 Å². The van der Waals surface area contributed by atoms with E-state index in [9.17, 15) is 36.9 Å². The molecule has 0 radical (unpaired) electrons. The van der Waals surface area contributed by atoms with Crippen molar-refractivity contribution < 1.29 is 61.5 Å². The van der Waals surface area contributed by atoms with Gasteiger partial charge in [-0.25, -0.2) is 35.1 Å². The van der Waals surface area contributed by atoms with Crippen molar-refractivity contribution in [3.8, 4) is 12.1 Å². The standard InChI is InChI=1S/C40H12F14N4/c41-35(42)11-37(45,46)31-27-21-5-15(39(49,50)51)3-19-17-8-24-18(7-23(17)57(33(19)21)25(27)1-13(9-55)29(31)35)20-4-16(40(52,53)54)6-22-28-26(58(24)34(20)22)2-14(10-56)30-32(28)38(47,48)12-36(30,43)44/h1-8H,11-12H2. The van der Waals surface area contributed by atoms with Crippen molar-refractivity contribution in [1.29, 1.82) is 10.5 Å². The van der Waals surface area contributed by atoms with Gasteiger partial charge in [0.2, 0.25) is 0 Å². The van der Waals surface area contributed by atoms with Crippen LogP contribution < -0.4 is 0 Å². The summed E-state index contributed by atoms with van der Waals surface area (Å²) in [7, 11) is 0. The fourth-order valence-corrected chi connectivity index (χ4v) is 9.80. The summed E-state index contributed by atoms with van der Waals surface area (Å²) >= 11 is 0. The van der Waals surface area contributed by atoms with Crippen LogP contribution in [0, 0.1) is 22.7 Å². The summed E-state index contributed by atoms with van der Waals surface area (Å²) in [5.74, 6) is -17.2. The molecule has 2 aliphatic rings. The number of hydrogen-bond donors (Lipinski definition) is 0. The highest BCUT2D eigenvalue weighted by atomic mass is 19.4. The first-order chi connectivity index (χ1) is 26.9. The minimum Gasteiger partial charge on any atom is -0.308 e. The van der Waals surface area contributed by atoms with Gasteiger partial charge in [-0.05, 0) is 48.5 Å². The van der Waals surface area contributed by atoms with E-state index in [1.165, 1.54) is 24.3 Å². The predicted octanol–water partition coefficient (Wildman–Crippen LogP) is 12.9. The molecule has 0 N–H and O–H groups in total. The van der Waals surface area contributed by atoms with E-state index >= 15 is 35.1 Å². The Labute approximate surface area is 310 Å². The van der Waals surface area contributed by atoms with Crippen molar-refractivity contribution in [3.63, 3.8) is 0 Å². The number of alkyl halides is 14. The number of aromatic nitrogens is 2. The molecular formula is C40H12F14N4. The number of halogens is 14. The Kier molecular flexibility index (Phi) is 5.83. The highest BCUT2D eigenvalue weighted by Crippen LogP contribution is 2.61. The fraction of sp³-hybridized carbons (Fsp3) is 0.200. The van der Waals surface area contributed by atoms with E-state index in [2.05, 4.69) is 0 Å². The second-order valence-electron chi connectivity index (χ2n) is 14.9. The first kappa shape index (κ1) is 34.9. The van der Waals surface area contributed by atoms with Crippen molar-refractivity contribution in [1.82, 2.24) is 8.80 Å². The van der Waals surface area contributed by atoms with E-state index in [4.69, 9.17) is 0 Å². The van der Waals surface area contributed by atoms with Crippen molar-refractivity contribution in [2.45, 2.75) is 48.9 Å². The SMILES string of the molecule is N#Cc1cc2c(c3c1C(F)(F)CC3(F)F)c1cc(C(F)(F)F)cc3c4cc5c(cc4n2c31)c1cc(C(F)(F)F)cc2c3c4c(c(C#N)cc3n5c12)C(F)(F)CC4(F)F. The number of benzene rings is 5. The third-order valence-electron chi connectivity index (χ3n) is 11.7. The van der Waals surface area contributed by atoms with Gasteiger partial charge in [0.05, 0.1) is 80.3 Å². The molecule has 0 atom stereocenters. The van der Waals surface area contributed by atoms with Crippen LogP contribution in [0.3, 0.4) is 0 Å². The van der Waals surface area contributed by atoms with Crippen molar-refractivity contribution in [2.24, 2.45) is 0 Å². The maximum absolute atomic E-state index is 15.7. The minimum atomic E-state index is -5.14. The number of nitriles is 2. The highest BCUT2D eigenvalue weighted by molar-refractivity contribution is 6.30. The van der Waals surface area contributed by atoms with Gasteiger partial charge in [-0.1, -0.05) is 0 Å². The van der Waals surface area contributed by atoms with E-state index in [1.54, 1.807) is 0 Å². The molecule has 2 aliphatic carbocycles. The highest BCUT2D eigenvalue weighted by Gasteiger charge is 2.60. The van der Waals surface area contributed by atoms with Gasteiger partial charge in [0, 0.05) is 65.3 Å². The largest absolute Gasteiger partial charge is 0.416 e. The van der Waals surface area contributed by atoms with Crippen LogP contribution in [0.15, 0.2) is 48.5 Å². The molecule has 0 fully saturated rings. The average Bonchev–Trinajstić information content (AvgIpc) is 3.89. The van der Waals surface area contributed by atoms with Crippen LogP contribution in [0.5, 0.6) is 0 Å². The lowest BCUT2D eigenvalue weighted by Crippen LogP contribution is -2.13. The van der Waals surface area contributed by atoms with Gasteiger partial charge in [-0.3, -0.25) is 0 Å². The van der Waals surface area contributed by atoms with Gasteiger partial charge in [0.1, 0.15) is 0 Å². The molecule has 0 amide bonds. The molecule has 58 heavy (non-hydrogen) atoms. The van der Waals surface area contributed by atoms with Crippen LogP contribution in [-0.4, -0.2) is 8.80 Å². The summed E-state index contributed by atoms with van der Waals surface area (Å²) in [6, 6.07) is 9.37. The van der Waals surface area contributed by atoms with Crippen LogP contribution in [-0.2, 0) is 36.0 Å². The summed E-state index contributed by atoms with van der Waals surface area (Å²) in [5, 5.41) is 16.5. The third-order valence-corrected chi connectivity index (χ3v) is 11.7. The number of hydrogen-bond acceptors (Lipinski definition) is 2. The molecule has 4 heterocycles. The van der Waals surface area contributed by atoms with E-state index in [0.717, 1.165) is 20.9 Å². The number of fused-ring (bicyclic) bond motifs is 16. The zero-order valence-corrected chi connectivity index (χ0v) is 28.1. The second-order valence-corrected chi connectivity index (χ2v) is 14.9. The van der Waals surface area contributed by atoms with Gasteiger partial charge >= 0.3 is 12.4 Å². The lowest BCUT2D eigenvalue weighted by molar-refractivity contribution is -0.138. The molecular weight excluding hydrogens is 802 g/mol. The summed E-state index contributed by atoms with van der Waals surface area (Å²) < 4.78 is 213. The average molecular weight is 815 g/mol. The summed E-state index contributed by atoms with van der Waals surface area (Å²) in [6.45, 7) is 0. The lowest BCUT2D eigenvalue weighted by atomic mass is 9.94. The van der Waals surface area contributed by atoms with Crippen molar-refractivity contribution >= 4 is 76.2 Å². The van der Waals surface area contributed by atoms with Crippen molar-refractivity contribution in [2.75, 3.05) is 0 Å². The topological polar surface area (TPSA) is 56.4 Å². The van der Waals surface area contributed by atoms with E-state index < -0.39 is 115 Å². The number of nitrogens with zero attached hydrogens (tertiary/aromatic N) is 4. The van der Waals surface area contributed by atoms with Crippen LogP contribution in [0.2, 0.25) is 0 Å². The van der Waals surface area contributed by atoms with Crippen molar-refractivity contribution in [3.05, 3.63) is 93.0 Å². The summed E-state index contributed by atoms with van der Waals surface area (Å²) in [5.41, 5.74) is -11.3. The Hall–Kier alpha value is -6.30. The molecule has 4 nitrogen and oxygen atoms in total. The summed E-state index contributed by atoms with van der Waals surface area (Å²) in [4.78, 5) is 0. The van der Waals surface area contributed by atoms with Gasteiger partial charge in [-0.15, -0.1) is 0 Å². The van der Waals surface area contributed by atoms with Crippen LogP contribution in [0.1, 0.15) is 57.3 Å². The van der Waals surface area contributed by atoms with Gasteiger partial charge in [-0.2, -0.15) is 36.9 Å². The van der Waals surface area contributed by atoms with E-state index in [-0.39, 0.29) is 54.6 Å². The third kappa shape index (κ3) is 3.91. The summed E-state index contributed by atoms with van der Waals surface area (Å²) in [6.07, 6.45) is -14.4. The molecule has 11 rings (SSSR count). The minimum absolute atomic E-state index is 0.0970. The molecule has 9 aromatic rings. The first-order valence-corrected chi connectivity index (χ1v) is 17.0. The Bertz CT molecular complexity index is 3280. The molecule has 0 aliphatic heterocycles. The molecule has 0 saturated heterocycles. The Morgan fingerprint density at radius 1 is 0.431 bits per heavy atom. The van der Waals surface area contributed by atoms with Gasteiger partial charge in [0.15, 0.2) is 0 Å². The smallest absolute Gasteiger partial charge is 0.308 e. The zero-order valence-electron chi connectivity index (χ0n) is 28.1. The molecule has 290 valence electrons. The zero-order chi connectivity index (χ0) is 41.3. The molecule has 0 spiro atoms. The number of rotatable bonds is 0. The molecule has 4 aromatic heterocycles. The maximum atomic E-state index is 15.7. The Morgan fingerprint density at radius 2 is 0.759 bits per heavy atom. The van der Waals surface area contributed by atoms with E-state index in [1.807, 2.05) is 0 Å². The molecule has 0 saturated carbocycles. The molecule has 0 unspecified atom stereocenters. The first-order valence-electron chi connectivity index (χ1n) is 17.0. The van der Waals surface area contributed by atoms with Gasteiger partial charge in [0.25, 0.3) is 23.7 Å². The van der Waals surface area contributed by atoms with Crippen LogP contribution in [0.25, 0.3) is 76.2 Å². The Balaban J connectivity index is 1.40. The Morgan fingerprint density at radius 3 is 1.09 bits per heavy atom. The fourth-order valence-electron chi connectivity index (χ4n) is 9.80.